The predicted octanol–water partition coefficient (Wildman–Crippen LogP) is 2.19. The van der Waals surface area contributed by atoms with Gasteiger partial charge in [-0.05, 0) is 49.0 Å². The monoisotopic (exact) mass is 369 g/mol. The number of hydrogen-bond donors (Lipinski definition) is 1. The molecule has 0 aromatic heterocycles. The van der Waals surface area contributed by atoms with Crippen molar-refractivity contribution in [1.29, 1.82) is 0 Å². The number of nitrogens with one attached hydrogen (secondary N) is 1. The predicted molar refractivity (Wildman–Crippen MR) is 102 cm³/mol. The molecular formula is C20H23N3O4. The first-order valence-electron chi connectivity index (χ1n) is 8.61. The van der Waals surface area contributed by atoms with Crippen molar-refractivity contribution in [2.24, 2.45) is 0 Å². The first kappa shape index (κ1) is 18.7. The highest BCUT2D eigenvalue weighted by molar-refractivity contribution is 5.96. The number of benzene rings is 2. The maximum absolute atomic E-state index is 12.3. The Bertz CT molecular complexity index is 834. The third-order valence-electron chi connectivity index (χ3n) is 4.12. The van der Waals surface area contributed by atoms with Crippen LogP contribution in [0.4, 0.5) is 5.69 Å². The van der Waals surface area contributed by atoms with E-state index in [2.05, 4.69) is 5.32 Å². The Labute approximate surface area is 158 Å². The molecule has 2 amide bonds. The summed E-state index contributed by atoms with van der Waals surface area (Å²) in [7, 11) is 5.28. The van der Waals surface area contributed by atoms with Crippen LogP contribution in [-0.2, 0) is 11.3 Å². The molecule has 0 bridgehead atoms. The fourth-order valence-corrected chi connectivity index (χ4v) is 2.81. The molecule has 0 spiro atoms. The third-order valence-corrected chi connectivity index (χ3v) is 4.12. The maximum Gasteiger partial charge on any atom is 0.253 e. The summed E-state index contributed by atoms with van der Waals surface area (Å²) in [5, 5.41) is 2.85. The molecule has 1 N–H and O–H groups in total. The Morgan fingerprint density at radius 2 is 1.70 bits per heavy atom. The molecule has 0 unspecified atom stereocenters. The first-order valence-corrected chi connectivity index (χ1v) is 8.61. The van der Waals surface area contributed by atoms with E-state index in [0.717, 1.165) is 17.1 Å². The van der Waals surface area contributed by atoms with Gasteiger partial charge in [0.05, 0.1) is 6.54 Å². The minimum Gasteiger partial charge on any atom is -0.454 e. The van der Waals surface area contributed by atoms with Gasteiger partial charge >= 0.3 is 0 Å². The van der Waals surface area contributed by atoms with Gasteiger partial charge in [-0.2, -0.15) is 0 Å². The number of anilines is 1. The van der Waals surface area contributed by atoms with E-state index in [1.807, 2.05) is 30.1 Å². The number of likely N-dealkylation sites (N-methyl/N-ethyl adjacent to an activating group) is 1. The second-order valence-corrected chi connectivity index (χ2v) is 6.69. The molecule has 0 aliphatic carbocycles. The van der Waals surface area contributed by atoms with Crippen LogP contribution in [0.3, 0.4) is 0 Å². The SMILES string of the molecule is CN(CC(=O)Nc1ccc(C(=O)N(C)C)cc1)Cc1ccc2c(c1)OCO2. The molecule has 1 heterocycles. The number of amides is 2. The molecule has 0 fully saturated rings. The number of ether oxygens (including phenoxy) is 2. The van der Waals surface area contributed by atoms with Gasteiger partial charge in [0.1, 0.15) is 0 Å². The summed E-state index contributed by atoms with van der Waals surface area (Å²) in [5.74, 6) is 1.29. The number of carbonyl (C=O) groups is 2. The van der Waals surface area contributed by atoms with Crippen LogP contribution in [0.1, 0.15) is 15.9 Å². The van der Waals surface area contributed by atoms with E-state index in [1.165, 1.54) is 4.90 Å². The quantitative estimate of drug-likeness (QED) is 0.845. The summed E-state index contributed by atoms with van der Waals surface area (Å²) < 4.78 is 10.7. The van der Waals surface area contributed by atoms with Gasteiger partial charge in [-0.25, -0.2) is 0 Å². The summed E-state index contributed by atoms with van der Waals surface area (Å²) in [6.07, 6.45) is 0. The molecule has 0 atom stereocenters. The normalized spacial score (nSPS) is 12.1. The second-order valence-electron chi connectivity index (χ2n) is 6.69. The minimum atomic E-state index is -0.120. The van der Waals surface area contributed by atoms with Crippen molar-refractivity contribution in [2.45, 2.75) is 6.54 Å². The lowest BCUT2D eigenvalue weighted by atomic mass is 10.2. The zero-order chi connectivity index (χ0) is 19.4. The molecule has 0 radical (unpaired) electrons. The highest BCUT2D eigenvalue weighted by atomic mass is 16.7. The molecule has 142 valence electrons. The van der Waals surface area contributed by atoms with Crippen molar-refractivity contribution in [3.63, 3.8) is 0 Å². The Balaban J connectivity index is 1.52. The van der Waals surface area contributed by atoms with E-state index < -0.39 is 0 Å². The first-order chi connectivity index (χ1) is 12.9. The fourth-order valence-electron chi connectivity index (χ4n) is 2.81. The number of carbonyl (C=O) groups excluding carboxylic acids is 2. The largest absolute Gasteiger partial charge is 0.454 e. The lowest BCUT2D eigenvalue weighted by Gasteiger charge is -2.17. The molecule has 1 aliphatic rings. The van der Waals surface area contributed by atoms with E-state index in [-0.39, 0.29) is 25.2 Å². The van der Waals surface area contributed by atoms with Gasteiger partial charge in [0.15, 0.2) is 11.5 Å². The summed E-state index contributed by atoms with van der Waals surface area (Å²) in [6.45, 7) is 1.10. The van der Waals surface area contributed by atoms with Gasteiger partial charge in [-0.1, -0.05) is 6.07 Å². The van der Waals surface area contributed by atoms with Crippen LogP contribution in [0.5, 0.6) is 11.5 Å². The van der Waals surface area contributed by atoms with Gasteiger partial charge in [0, 0.05) is 31.9 Å². The fraction of sp³-hybridized carbons (Fsp3) is 0.300. The van der Waals surface area contributed by atoms with Gasteiger partial charge < -0.3 is 19.7 Å². The maximum atomic E-state index is 12.3. The average Bonchev–Trinajstić information content (AvgIpc) is 3.09. The number of fused-ring (bicyclic) bond motifs is 1. The standard InChI is InChI=1S/C20H23N3O4/c1-22(2)20(25)15-5-7-16(8-6-15)21-19(24)12-23(3)11-14-4-9-17-18(10-14)27-13-26-17/h4-10H,11-13H2,1-3H3,(H,21,24). The van der Waals surface area contributed by atoms with Crippen molar-refractivity contribution in [2.75, 3.05) is 39.8 Å². The third kappa shape index (κ3) is 4.77. The molecule has 0 saturated heterocycles. The van der Waals surface area contributed by atoms with Crippen LogP contribution < -0.4 is 14.8 Å². The van der Waals surface area contributed by atoms with Crippen molar-refractivity contribution in [3.05, 3.63) is 53.6 Å². The van der Waals surface area contributed by atoms with Gasteiger partial charge in [-0.15, -0.1) is 0 Å². The summed E-state index contributed by atoms with van der Waals surface area (Å²) in [4.78, 5) is 27.6. The molecule has 1 aliphatic heterocycles. The smallest absolute Gasteiger partial charge is 0.253 e. The summed E-state index contributed by atoms with van der Waals surface area (Å²) in [5.41, 5.74) is 2.28. The molecular weight excluding hydrogens is 346 g/mol. The molecule has 3 rings (SSSR count). The van der Waals surface area contributed by atoms with Crippen LogP contribution in [-0.4, -0.2) is 56.1 Å². The Hall–Kier alpha value is -3.06. The van der Waals surface area contributed by atoms with Crippen LogP contribution in [0.2, 0.25) is 0 Å². The van der Waals surface area contributed by atoms with E-state index in [9.17, 15) is 9.59 Å². The van der Waals surface area contributed by atoms with Crippen molar-refractivity contribution in [3.8, 4) is 11.5 Å². The van der Waals surface area contributed by atoms with Crippen LogP contribution in [0.25, 0.3) is 0 Å². The van der Waals surface area contributed by atoms with E-state index in [0.29, 0.717) is 17.8 Å². The zero-order valence-corrected chi connectivity index (χ0v) is 15.7. The molecule has 2 aromatic carbocycles. The van der Waals surface area contributed by atoms with Crippen LogP contribution in [0.15, 0.2) is 42.5 Å². The van der Waals surface area contributed by atoms with Crippen molar-refractivity contribution in [1.82, 2.24) is 9.80 Å². The second kappa shape index (κ2) is 8.09. The lowest BCUT2D eigenvalue weighted by molar-refractivity contribution is -0.117. The van der Waals surface area contributed by atoms with Gasteiger partial charge in [0.25, 0.3) is 5.91 Å². The number of rotatable bonds is 6. The number of hydrogen-bond acceptors (Lipinski definition) is 5. The molecule has 7 nitrogen and oxygen atoms in total. The zero-order valence-electron chi connectivity index (χ0n) is 15.7. The Morgan fingerprint density at radius 1 is 1.00 bits per heavy atom. The van der Waals surface area contributed by atoms with E-state index >= 15 is 0 Å². The topological polar surface area (TPSA) is 71.1 Å². The van der Waals surface area contributed by atoms with E-state index in [1.54, 1.807) is 38.4 Å². The van der Waals surface area contributed by atoms with Crippen LogP contribution in [0, 0.1) is 0 Å². The minimum absolute atomic E-state index is 0.0728. The van der Waals surface area contributed by atoms with Crippen LogP contribution >= 0.6 is 0 Å². The summed E-state index contributed by atoms with van der Waals surface area (Å²) in [6, 6.07) is 12.6. The summed E-state index contributed by atoms with van der Waals surface area (Å²) >= 11 is 0. The van der Waals surface area contributed by atoms with E-state index in [4.69, 9.17) is 9.47 Å². The van der Waals surface area contributed by atoms with Crippen molar-refractivity contribution < 1.29 is 19.1 Å². The molecule has 2 aromatic rings. The highest BCUT2D eigenvalue weighted by Crippen LogP contribution is 2.32. The van der Waals surface area contributed by atoms with Gasteiger partial charge in [-0.3, -0.25) is 14.5 Å². The lowest BCUT2D eigenvalue weighted by Crippen LogP contribution is -2.29. The number of nitrogens with zero attached hydrogens (tertiary/aromatic N) is 2. The molecule has 7 heteroatoms. The molecule has 0 saturated carbocycles. The highest BCUT2D eigenvalue weighted by Gasteiger charge is 2.15. The average molecular weight is 369 g/mol. The van der Waals surface area contributed by atoms with Gasteiger partial charge in [0.2, 0.25) is 12.7 Å². The Kier molecular flexibility index (Phi) is 5.61. The Morgan fingerprint density at radius 3 is 2.41 bits per heavy atom. The van der Waals surface area contributed by atoms with Crippen molar-refractivity contribution >= 4 is 17.5 Å². The molecule has 27 heavy (non-hydrogen) atoms.